The van der Waals surface area contributed by atoms with Crippen molar-refractivity contribution in [1.29, 1.82) is 5.26 Å². The summed E-state index contributed by atoms with van der Waals surface area (Å²) in [5.74, 6) is -0.696. The van der Waals surface area contributed by atoms with E-state index >= 15 is 0 Å². The fraction of sp³-hybridized carbons (Fsp3) is 0.269. The number of aromatic nitrogens is 2. The number of para-hydroxylation sites is 1. The average Bonchev–Trinajstić information content (AvgIpc) is 3.46. The maximum absolute atomic E-state index is 13.6. The molecule has 2 aromatic heterocycles. The molecule has 0 spiro atoms. The van der Waals surface area contributed by atoms with Crippen molar-refractivity contribution in [3.8, 4) is 11.8 Å². The molecule has 4 aromatic rings. The van der Waals surface area contributed by atoms with Gasteiger partial charge in [0.05, 0.1) is 24.5 Å². The van der Waals surface area contributed by atoms with E-state index in [0.29, 0.717) is 25.0 Å². The zero-order chi connectivity index (χ0) is 23.2. The Morgan fingerprint density at radius 3 is 2.79 bits per heavy atom. The monoisotopic (exact) mass is 440 g/mol. The predicted molar refractivity (Wildman–Crippen MR) is 125 cm³/mol. The Hall–Kier alpha value is -4.05. The smallest absolute Gasteiger partial charge is 0.238 e. The van der Waals surface area contributed by atoms with Gasteiger partial charge in [0.1, 0.15) is 5.75 Å². The third-order valence-corrected chi connectivity index (χ3v) is 6.86. The normalized spacial score (nSPS) is 20.3. The minimum atomic E-state index is -1.13. The number of hydrogen-bond donors (Lipinski definition) is 2. The zero-order valence-electron chi connectivity index (χ0n) is 18.5. The Kier molecular flexibility index (Phi) is 4.94. The van der Waals surface area contributed by atoms with Crippen LogP contribution in [0.15, 0.2) is 54.9 Å². The fourth-order valence-corrected chi connectivity index (χ4v) is 5.37. The first-order chi connectivity index (χ1) is 16.0. The summed E-state index contributed by atoms with van der Waals surface area (Å²) in [6.45, 7) is 0. The van der Waals surface area contributed by atoms with E-state index in [1.807, 2.05) is 66.5 Å². The van der Waals surface area contributed by atoms with Crippen molar-refractivity contribution in [1.82, 2.24) is 14.9 Å². The van der Waals surface area contributed by atoms with E-state index < -0.39 is 11.3 Å². The molecule has 2 atom stereocenters. The van der Waals surface area contributed by atoms with Gasteiger partial charge in [-0.05, 0) is 48.2 Å². The topological polar surface area (TPSA) is 99.9 Å². The van der Waals surface area contributed by atoms with Gasteiger partial charge in [-0.25, -0.2) is 0 Å². The number of unbranched alkanes of at least 4 members (excludes halogenated alkanes) is 1. The van der Waals surface area contributed by atoms with E-state index in [2.05, 4.69) is 16.4 Å². The first-order valence-electron chi connectivity index (χ1n) is 10.9. The SMILES string of the molecule is COc1ccc2c(c1)c(C1C(=O)NC(=O)C1(CCCC#N)c1c[nH]c3ccccc13)cn2C. The van der Waals surface area contributed by atoms with Crippen molar-refractivity contribution in [3.63, 3.8) is 0 Å². The maximum atomic E-state index is 13.6. The number of nitrogens with zero attached hydrogens (tertiary/aromatic N) is 2. The summed E-state index contributed by atoms with van der Waals surface area (Å²) in [5.41, 5.74) is 2.27. The van der Waals surface area contributed by atoms with Crippen LogP contribution < -0.4 is 10.1 Å². The molecule has 1 aliphatic rings. The first kappa shape index (κ1) is 20.8. The lowest BCUT2D eigenvalue weighted by atomic mass is 9.66. The number of carbonyl (C=O) groups excluding carboxylic acids is 2. The van der Waals surface area contributed by atoms with Gasteiger partial charge >= 0.3 is 0 Å². The van der Waals surface area contributed by atoms with E-state index in [1.165, 1.54) is 0 Å². The Bertz CT molecular complexity index is 1440. The fourth-order valence-electron chi connectivity index (χ4n) is 5.37. The number of methoxy groups -OCH3 is 1. The Morgan fingerprint density at radius 1 is 1.18 bits per heavy atom. The largest absolute Gasteiger partial charge is 0.497 e. The lowest BCUT2D eigenvalue weighted by Gasteiger charge is -2.31. The molecule has 2 amide bonds. The first-order valence-corrected chi connectivity index (χ1v) is 10.9. The van der Waals surface area contributed by atoms with Crippen LogP contribution in [0.25, 0.3) is 21.8 Å². The van der Waals surface area contributed by atoms with Gasteiger partial charge in [0, 0.05) is 47.7 Å². The highest BCUT2D eigenvalue weighted by molar-refractivity contribution is 6.15. The molecule has 33 heavy (non-hydrogen) atoms. The number of ether oxygens (including phenoxy) is 1. The lowest BCUT2D eigenvalue weighted by Crippen LogP contribution is -2.39. The number of H-pyrrole nitrogens is 1. The molecule has 3 heterocycles. The van der Waals surface area contributed by atoms with Gasteiger partial charge in [0.15, 0.2) is 0 Å². The van der Waals surface area contributed by atoms with Crippen LogP contribution in [-0.4, -0.2) is 28.5 Å². The maximum Gasteiger partial charge on any atom is 0.238 e. The number of aromatic amines is 1. The molecule has 166 valence electrons. The molecule has 7 nitrogen and oxygen atoms in total. The lowest BCUT2D eigenvalue weighted by molar-refractivity contribution is -0.126. The van der Waals surface area contributed by atoms with Gasteiger partial charge in [-0.15, -0.1) is 0 Å². The van der Waals surface area contributed by atoms with Gasteiger partial charge in [0.25, 0.3) is 0 Å². The number of nitrogens with one attached hydrogen (secondary N) is 2. The van der Waals surface area contributed by atoms with Crippen molar-refractivity contribution in [2.45, 2.75) is 30.6 Å². The third-order valence-electron chi connectivity index (χ3n) is 6.86. The molecular formula is C26H24N4O3. The summed E-state index contributed by atoms with van der Waals surface area (Å²) in [4.78, 5) is 30.3. The molecule has 7 heteroatoms. The second-order valence-corrected chi connectivity index (χ2v) is 8.56. The molecule has 5 rings (SSSR count). The van der Waals surface area contributed by atoms with Crippen molar-refractivity contribution >= 4 is 33.6 Å². The Morgan fingerprint density at radius 2 is 2.00 bits per heavy atom. The highest BCUT2D eigenvalue weighted by Gasteiger charge is 2.58. The molecule has 0 aliphatic carbocycles. The standard InChI is InChI=1S/C26H24N4O3/c1-30-15-19(18-13-16(33-2)9-10-22(18)30)23-24(31)29-25(32)26(23,11-5-6-12-27)20-14-28-21-8-4-3-7-17(20)21/h3-4,7-10,13-15,23,28H,5-6,11H2,1-2H3,(H,29,31,32). The van der Waals surface area contributed by atoms with E-state index in [-0.39, 0.29) is 11.8 Å². The molecule has 1 aliphatic heterocycles. The van der Waals surface area contributed by atoms with Gasteiger partial charge < -0.3 is 14.3 Å². The average molecular weight is 441 g/mol. The van der Waals surface area contributed by atoms with Crippen LogP contribution in [0.2, 0.25) is 0 Å². The zero-order valence-corrected chi connectivity index (χ0v) is 18.5. The van der Waals surface area contributed by atoms with Crippen LogP contribution in [0, 0.1) is 11.3 Å². The van der Waals surface area contributed by atoms with Gasteiger partial charge in [-0.2, -0.15) is 5.26 Å². The number of fused-ring (bicyclic) bond motifs is 2. The Balaban J connectivity index is 1.79. The summed E-state index contributed by atoms with van der Waals surface area (Å²) < 4.78 is 7.41. The molecule has 2 N–H and O–H groups in total. The number of nitriles is 1. The molecule has 0 bridgehead atoms. The van der Waals surface area contributed by atoms with E-state index in [4.69, 9.17) is 4.74 Å². The van der Waals surface area contributed by atoms with E-state index in [0.717, 1.165) is 32.9 Å². The summed E-state index contributed by atoms with van der Waals surface area (Å²) in [5, 5.41) is 13.6. The second-order valence-electron chi connectivity index (χ2n) is 8.56. The summed E-state index contributed by atoms with van der Waals surface area (Å²) in [6, 6.07) is 15.7. The summed E-state index contributed by atoms with van der Waals surface area (Å²) >= 11 is 0. The number of hydrogen-bond acceptors (Lipinski definition) is 4. The molecule has 1 saturated heterocycles. The molecule has 2 unspecified atom stereocenters. The third kappa shape index (κ3) is 3.02. The highest BCUT2D eigenvalue weighted by atomic mass is 16.5. The van der Waals surface area contributed by atoms with Crippen molar-refractivity contribution in [2.75, 3.05) is 7.11 Å². The van der Waals surface area contributed by atoms with Crippen LogP contribution in [0.1, 0.15) is 36.3 Å². The number of rotatable bonds is 6. The Labute approximate surface area is 191 Å². The van der Waals surface area contributed by atoms with Gasteiger partial charge in [-0.3, -0.25) is 14.9 Å². The van der Waals surface area contributed by atoms with Crippen molar-refractivity contribution in [3.05, 3.63) is 66.0 Å². The minimum absolute atomic E-state index is 0.307. The predicted octanol–water partition coefficient (Wildman–Crippen LogP) is 4.04. The van der Waals surface area contributed by atoms with Crippen molar-refractivity contribution < 1.29 is 14.3 Å². The number of imide groups is 1. The summed E-state index contributed by atoms with van der Waals surface area (Å²) in [6.07, 6.45) is 4.96. The molecular weight excluding hydrogens is 416 g/mol. The quantitative estimate of drug-likeness (QED) is 0.349. The van der Waals surface area contributed by atoms with Crippen LogP contribution >= 0.6 is 0 Å². The molecule has 1 fully saturated rings. The summed E-state index contributed by atoms with van der Waals surface area (Å²) in [7, 11) is 3.53. The highest BCUT2D eigenvalue weighted by Crippen LogP contribution is 2.51. The molecule has 0 radical (unpaired) electrons. The molecule has 2 aromatic carbocycles. The van der Waals surface area contributed by atoms with Crippen LogP contribution in [0.4, 0.5) is 0 Å². The number of benzene rings is 2. The van der Waals surface area contributed by atoms with Gasteiger partial charge in [0.2, 0.25) is 11.8 Å². The van der Waals surface area contributed by atoms with E-state index in [9.17, 15) is 14.9 Å². The number of carbonyl (C=O) groups is 2. The minimum Gasteiger partial charge on any atom is -0.497 e. The van der Waals surface area contributed by atoms with Crippen LogP contribution in [0.3, 0.4) is 0 Å². The van der Waals surface area contributed by atoms with Crippen LogP contribution in [0.5, 0.6) is 5.75 Å². The second kappa shape index (κ2) is 7.82. The molecule has 0 saturated carbocycles. The number of aryl methyl sites for hydroxylation is 1. The van der Waals surface area contributed by atoms with Gasteiger partial charge in [-0.1, -0.05) is 18.2 Å². The van der Waals surface area contributed by atoms with E-state index in [1.54, 1.807) is 7.11 Å². The van der Waals surface area contributed by atoms with Crippen LogP contribution in [-0.2, 0) is 22.1 Å². The van der Waals surface area contributed by atoms with Crippen molar-refractivity contribution in [2.24, 2.45) is 7.05 Å². The number of amides is 2.